The van der Waals surface area contributed by atoms with Crippen LogP contribution in [0.3, 0.4) is 0 Å². The minimum Gasteiger partial charge on any atom is -0.383 e. The number of nitrogen functional groups attached to an aromatic ring is 1. The smallest absolute Gasteiger partial charge is 0.223 e. The number of anilines is 2. The molecule has 8 nitrogen and oxygen atoms in total. The van der Waals surface area contributed by atoms with E-state index in [1.54, 1.807) is 30.3 Å². The zero-order valence-corrected chi connectivity index (χ0v) is 19.7. The van der Waals surface area contributed by atoms with E-state index in [2.05, 4.69) is 25.9 Å². The van der Waals surface area contributed by atoms with Crippen molar-refractivity contribution in [2.24, 2.45) is 10.7 Å². The summed E-state index contributed by atoms with van der Waals surface area (Å²) in [6.07, 6.45) is 0. The number of nitrogens with two attached hydrogens (primary N) is 2. The summed E-state index contributed by atoms with van der Waals surface area (Å²) in [6.45, 7) is 3.70. The first-order valence-electron chi connectivity index (χ1n) is 11.0. The standard InChI is InChI=1S/C24H24F2N8S/c25-18-4-5-20(19(26)13-18)34-8-6-33(7-9-34)10-11-35-22-14-21(31-24(29)32-22)30-23(28)17-3-1-2-16(12-17)15-27/h1-5,12-14H,6-11H2,(H4,28,29,30,31,32). The number of rotatable bonds is 7. The predicted octanol–water partition coefficient (Wildman–Crippen LogP) is 3.16. The van der Waals surface area contributed by atoms with Gasteiger partial charge in [-0.1, -0.05) is 12.1 Å². The number of piperazine rings is 1. The van der Waals surface area contributed by atoms with Gasteiger partial charge in [0, 0.05) is 56.2 Å². The maximum atomic E-state index is 14.0. The van der Waals surface area contributed by atoms with Crippen LogP contribution in [0.4, 0.5) is 26.2 Å². The molecule has 3 aromatic rings. The summed E-state index contributed by atoms with van der Waals surface area (Å²) in [5, 5.41) is 9.75. The molecule has 0 amide bonds. The number of benzene rings is 2. The highest BCUT2D eigenvalue weighted by molar-refractivity contribution is 7.99. The van der Waals surface area contributed by atoms with Crippen molar-refractivity contribution in [1.82, 2.24) is 14.9 Å². The van der Waals surface area contributed by atoms with Crippen LogP contribution >= 0.6 is 11.8 Å². The second kappa shape index (κ2) is 11.1. The molecule has 0 aliphatic carbocycles. The van der Waals surface area contributed by atoms with E-state index in [4.69, 9.17) is 16.7 Å². The van der Waals surface area contributed by atoms with E-state index in [0.29, 0.717) is 40.7 Å². The van der Waals surface area contributed by atoms with Crippen LogP contribution in [0.2, 0.25) is 0 Å². The van der Waals surface area contributed by atoms with Crippen LogP contribution in [0.1, 0.15) is 11.1 Å². The third kappa shape index (κ3) is 6.44. The molecule has 35 heavy (non-hydrogen) atoms. The normalized spacial score (nSPS) is 14.7. The molecule has 11 heteroatoms. The Morgan fingerprint density at radius 1 is 1.09 bits per heavy atom. The zero-order valence-electron chi connectivity index (χ0n) is 18.9. The highest BCUT2D eigenvalue weighted by atomic mass is 32.2. The number of amidine groups is 1. The van der Waals surface area contributed by atoms with Crippen molar-refractivity contribution in [3.8, 4) is 6.07 Å². The monoisotopic (exact) mass is 494 g/mol. The number of hydrogen-bond donors (Lipinski definition) is 2. The van der Waals surface area contributed by atoms with E-state index < -0.39 is 11.6 Å². The quantitative estimate of drug-likeness (QED) is 0.222. The van der Waals surface area contributed by atoms with Crippen molar-refractivity contribution in [3.05, 3.63) is 71.3 Å². The highest BCUT2D eigenvalue weighted by Crippen LogP contribution is 2.24. The van der Waals surface area contributed by atoms with Crippen LogP contribution in [-0.2, 0) is 0 Å². The van der Waals surface area contributed by atoms with Gasteiger partial charge in [-0.2, -0.15) is 10.2 Å². The molecule has 1 saturated heterocycles. The average Bonchev–Trinajstić information content (AvgIpc) is 2.84. The Hall–Kier alpha value is -3.75. The average molecular weight is 495 g/mol. The van der Waals surface area contributed by atoms with Crippen LogP contribution in [0.15, 0.2) is 58.5 Å². The van der Waals surface area contributed by atoms with Gasteiger partial charge in [0.05, 0.1) is 17.3 Å². The first-order chi connectivity index (χ1) is 16.9. The highest BCUT2D eigenvalue weighted by Gasteiger charge is 2.19. The van der Waals surface area contributed by atoms with Gasteiger partial charge in [-0.15, -0.1) is 11.8 Å². The summed E-state index contributed by atoms with van der Waals surface area (Å²) in [4.78, 5) is 17.0. The number of hydrogen-bond acceptors (Lipinski definition) is 8. The second-order valence-electron chi connectivity index (χ2n) is 7.89. The lowest BCUT2D eigenvalue weighted by Gasteiger charge is -2.36. The summed E-state index contributed by atoms with van der Waals surface area (Å²) >= 11 is 1.53. The van der Waals surface area contributed by atoms with Gasteiger partial charge in [-0.25, -0.2) is 18.8 Å². The molecular formula is C24H24F2N8S. The predicted molar refractivity (Wildman–Crippen MR) is 134 cm³/mol. The molecule has 2 aromatic carbocycles. The summed E-state index contributed by atoms with van der Waals surface area (Å²) in [5.41, 5.74) is 13.5. The molecule has 0 radical (unpaired) electrons. The largest absolute Gasteiger partial charge is 0.383 e. The molecule has 0 atom stereocenters. The molecule has 0 spiro atoms. The molecule has 4 rings (SSSR count). The lowest BCUT2D eigenvalue weighted by atomic mass is 10.1. The maximum Gasteiger partial charge on any atom is 0.223 e. The lowest BCUT2D eigenvalue weighted by Crippen LogP contribution is -2.47. The minimum atomic E-state index is -0.572. The van der Waals surface area contributed by atoms with Gasteiger partial charge < -0.3 is 16.4 Å². The Balaban J connectivity index is 1.31. The van der Waals surface area contributed by atoms with E-state index >= 15 is 0 Å². The molecule has 0 bridgehead atoms. The molecule has 1 aliphatic rings. The molecule has 4 N–H and O–H groups in total. The van der Waals surface area contributed by atoms with Crippen molar-refractivity contribution < 1.29 is 8.78 Å². The third-order valence-electron chi connectivity index (χ3n) is 5.51. The van der Waals surface area contributed by atoms with Crippen molar-refractivity contribution in [2.45, 2.75) is 5.03 Å². The maximum absolute atomic E-state index is 14.0. The van der Waals surface area contributed by atoms with Gasteiger partial charge in [0.15, 0.2) is 5.82 Å². The first kappa shape index (κ1) is 24.4. The van der Waals surface area contributed by atoms with Crippen LogP contribution < -0.4 is 16.4 Å². The first-order valence-corrected chi connectivity index (χ1v) is 11.9. The fourth-order valence-corrected chi connectivity index (χ4v) is 4.63. The van der Waals surface area contributed by atoms with Crippen LogP contribution in [0, 0.1) is 23.0 Å². The third-order valence-corrected chi connectivity index (χ3v) is 6.40. The summed E-state index contributed by atoms with van der Waals surface area (Å²) in [5.74, 6) is 0.331. The second-order valence-corrected chi connectivity index (χ2v) is 9.00. The Morgan fingerprint density at radius 2 is 1.89 bits per heavy atom. The van der Waals surface area contributed by atoms with Crippen molar-refractivity contribution in [2.75, 3.05) is 49.1 Å². The number of halogens is 2. The Bertz CT molecular complexity index is 1270. The van der Waals surface area contributed by atoms with Crippen molar-refractivity contribution in [3.63, 3.8) is 0 Å². The van der Waals surface area contributed by atoms with E-state index in [1.807, 2.05) is 4.90 Å². The summed E-state index contributed by atoms with van der Waals surface area (Å²) < 4.78 is 27.2. The number of nitriles is 1. The van der Waals surface area contributed by atoms with Gasteiger partial charge in [-0.3, -0.25) is 4.90 Å². The van der Waals surface area contributed by atoms with Gasteiger partial charge in [0.1, 0.15) is 22.5 Å². The van der Waals surface area contributed by atoms with Gasteiger partial charge in [0.25, 0.3) is 0 Å². The lowest BCUT2D eigenvalue weighted by molar-refractivity contribution is 0.272. The summed E-state index contributed by atoms with van der Waals surface area (Å²) in [7, 11) is 0. The number of aromatic nitrogens is 2. The van der Waals surface area contributed by atoms with Crippen LogP contribution in [0.5, 0.6) is 0 Å². The molecule has 180 valence electrons. The zero-order chi connectivity index (χ0) is 24.8. The molecule has 1 aliphatic heterocycles. The Morgan fingerprint density at radius 3 is 2.63 bits per heavy atom. The fraction of sp³-hybridized carbons (Fsp3) is 0.250. The number of aliphatic imine (C=N–C) groups is 1. The van der Waals surface area contributed by atoms with Crippen molar-refractivity contribution in [1.29, 1.82) is 5.26 Å². The molecule has 2 heterocycles. The Kier molecular flexibility index (Phi) is 7.74. The summed E-state index contributed by atoms with van der Waals surface area (Å²) in [6, 6.07) is 14.3. The van der Waals surface area contributed by atoms with Gasteiger partial charge >= 0.3 is 0 Å². The Labute approximate surface area is 206 Å². The van der Waals surface area contributed by atoms with Gasteiger partial charge in [-0.05, 0) is 24.3 Å². The minimum absolute atomic E-state index is 0.0993. The molecule has 0 unspecified atom stereocenters. The number of thioether (sulfide) groups is 1. The molecular weight excluding hydrogens is 470 g/mol. The van der Waals surface area contributed by atoms with Gasteiger partial charge in [0.2, 0.25) is 5.95 Å². The fourth-order valence-electron chi connectivity index (χ4n) is 3.73. The molecule has 1 fully saturated rings. The van der Waals surface area contributed by atoms with E-state index in [-0.39, 0.29) is 11.8 Å². The van der Waals surface area contributed by atoms with Crippen molar-refractivity contribution >= 4 is 35.1 Å². The van der Waals surface area contributed by atoms with E-state index in [1.165, 1.54) is 23.9 Å². The molecule has 0 saturated carbocycles. The number of nitrogens with zero attached hydrogens (tertiary/aromatic N) is 6. The van der Waals surface area contributed by atoms with E-state index in [0.717, 1.165) is 31.5 Å². The SMILES string of the molecule is N#Cc1cccc(/C(N)=N/c2cc(SCCN3CCN(c4ccc(F)cc4F)CC3)nc(N)n2)c1. The molecule has 1 aromatic heterocycles. The topological polar surface area (TPSA) is 120 Å². The van der Waals surface area contributed by atoms with E-state index in [9.17, 15) is 8.78 Å². The van der Waals surface area contributed by atoms with Crippen LogP contribution in [0.25, 0.3) is 0 Å². The van der Waals surface area contributed by atoms with Crippen LogP contribution in [-0.4, -0.2) is 59.2 Å².